The predicted octanol–water partition coefficient (Wildman–Crippen LogP) is 3.06. The third-order valence-corrected chi connectivity index (χ3v) is 4.34. The molecule has 0 heterocycles. The van der Waals surface area contributed by atoms with Gasteiger partial charge in [0.1, 0.15) is 0 Å². The van der Waals surface area contributed by atoms with E-state index in [0.717, 1.165) is 12.1 Å². The number of benzene rings is 1. The zero-order valence-electron chi connectivity index (χ0n) is 13.2. The lowest BCUT2D eigenvalue weighted by Crippen LogP contribution is -2.40. The maximum absolute atomic E-state index is 13.4. The molecule has 24 heavy (non-hydrogen) atoms. The van der Waals surface area contributed by atoms with Crippen molar-refractivity contribution < 1.29 is 27.5 Å². The monoisotopic (exact) mass is 347 g/mol. The Bertz CT molecular complexity index is 580. The zero-order valence-corrected chi connectivity index (χ0v) is 13.2. The zero-order chi connectivity index (χ0) is 17.7. The van der Waals surface area contributed by atoms with Gasteiger partial charge >= 0.3 is 0 Å². The molecule has 0 bridgehead atoms. The summed E-state index contributed by atoms with van der Waals surface area (Å²) in [6.45, 7) is -0.170. The summed E-state index contributed by atoms with van der Waals surface area (Å²) in [6.07, 6.45) is 0.338. The summed E-state index contributed by atoms with van der Waals surface area (Å²) in [6, 6.07) is 3.45. The van der Waals surface area contributed by atoms with Gasteiger partial charge in [-0.05, 0) is 37.0 Å². The maximum Gasteiger partial charge on any atom is 0.248 e. The van der Waals surface area contributed by atoms with Crippen LogP contribution in [0.4, 0.5) is 17.6 Å². The average Bonchev–Trinajstić information content (AvgIpc) is 2.53. The summed E-state index contributed by atoms with van der Waals surface area (Å²) < 4.78 is 52.8. The molecule has 3 nitrogen and oxygen atoms in total. The van der Waals surface area contributed by atoms with Crippen molar-refractivity contribution in [2.45, 2.75) is 38.0 Å². The van der Waals surface area contributed by atoms with Crippen LogP contribution in [0.2, 0.25) is 0 Å². The minimum Gasteiger partial charge on any atom is -0.396 e. The van der Waals surface area contributed by atoms with Gasteiger partial charge in [0.25, 0.3) is 0 Å². The minimum absolute atomic E-state index is 0.0937. The quantitative estimate of drug-likeness (QED) is 0.777. The summed E-state index contributed by atoms with van der Waals surface area (Å²) in [5, 5.41) is 12.0. The van der Waals surface area contributed by atoms with Gasteiger partial charge in [0.15, 0.2) is 11.6 Å². The first-order chi connectivity index (χ1) is 11.3. The number of carbonyl (C=O) groups is 1. The van der Waals surface area contributed by atoms with E-state index in [9.17, 15) is 27.5 Å². The van der Waals surface area contributed by atoms with Gasteiger partial charge < -0.3 is 10.4 Å². The largest absolute Gasteiger partial charge is 0.396 e. The number of aliphatic hydroxyl groups is 1. The van der Waals surface area contributed by atoms with Crippen molar-refractivity contribution in [3.63, 3.8) is 0 Å². The SMILES string of the molecule is O=C(NC[C@@H](CO)Cc1ccc(F)c(F)c1)[C@@H]1CCCC(F)(F)C1. The predicted molar refractivity (Wildman–Crippen MR) is 80.6 cm³/mol. The number of amides is 1. The van der Waals surface area contributed by atoms with Crippen molar-refractivity contribution in [3.05, 3.63) is 35.4 Å². The molecule has 0 aromatic heterocycles. The highest BCUT2D eigenvalue weighted by atomic mass is 19.3. The fraction of sp³-hybridized carbons (Fsp3) is 0.588. The molecule has 1 amide bonds. The summed E-state index contributed by atoms with van der Waals surface area (Å²) >= 11 is 0. The molecule has 0 unspecified atom stereocenters. The van der Waals surface area contributed by atoms with Gasteiger partial charge in [0.05, 0.1) is 0 Å². The molecule has 1 aromatic rings. The van der Waals surface area contributed by atoms with Crippen LogP contribution in [-0.4, -0.2) is 30.1 Å². The molecule has 7 heteroatoms. The van der Waals surface area contributed by atoms with Crippen LogP contribution in [0.15, 0.2) is 18.2 Å². The van der Waals surface area contributed by atoms with Crippen molar-refractivity contribution in [3.8, 4) is 0 Å². The van der Waals surface area contributed by atoms with Crippen molar-refractivity contribution in [1.82, 2.24) is 5.32 Å². The molecule has 1 aliphatic rings. The second kappa shape index (κ2) is 7.96. The Morgan fingerprint density at radius 1 is 1.33 bits per heavy atom. The maximum atomic E-state index is 13.4. The lowest BCUT2D eigenvalue weighted by atomic mass is 9.86. The van der Waals surface area contributed by atoms with Crippen molar-refractivity contribution >= 4 is 5.91 Å². The molecule has 0 spiro atoms. The number of carbonyl (C=O) groups excluding carboxylic acids is 1. The van der Waals surface area contributed by atoms with Crippen LogP contribution in [0.3, 0.4) is 0 Å². The first-order valence-corrected chi connectivity index (χ1v) is 8.01. The van der Waals surface area contributed by atoms with E-state index in [1.165, 1.54) is 6.07 Å². The Morgan fingerprint density at radius 2 is 2.08 bits per heavy atom. The van der Waals surface area contributed by atoms with E-state index in [-0.39, 0.29) is 26.0 Å². The molecule has 0 aliphatic heterocycles. The standard InChI is InChI=1S/C17H21F4NO2/c18-14-4-3-11(7-15(14)19)6-12(10-23)9-22-16(24)13-2-1-5-17(20,21)8-13/h3-4,7,12-13,23H,1-2,5-6,8-10H2,(H,22,24)/t12-,13+/m0/s1. The first kappa shape index (κ1) is 18.7. The van der Waals surface area contributed by atoms with Gasteiger partial charge in [-0.1, -0.05) is 6.07 Å². The van der Waals surface area contributed by atoms with Crippen LogP contribution in [0.1, 0.15) is 31.2 Å². The second-order valence-electron chi connectivity index (χ2n) is 6.40. The number of alkyl halides is 2. The molecule has 1 aliphatic carbocycles. The van der Waals surface area contributed by atoms with E-state index in [0.29, 0.717) is 18.4 Å². The Morgan fingerprint density at radius 3 is 2.71 bits per heavy atom. The summed E-state index contributed by atoms with van der Waals surface area (Å²) in [5.74, 6) is -6.30. The number of nitrogens with one attached hydrogen (secondary N) is 1. The number of halogens is 4. The summed E-state index contributed by atoms with van der Waals surface area (Å²) in [5.41, 5.74) is 0.492. The fourth-order valence-corrected chi connectivity index (χ4v) is 2.99. The fourth-order valence-electron chi connectivity index (χ4n) is 2.99. The minimum atomic E-state index is -2.80. The number of rotatable bonds is 6. The molecule has 2 atom stereocenters. The van der Waals surface area contributed by atoms with Crippen LogP contribution in [-0.2, 0) is 11.2 Å². The average molecular weight is 347 g/mol. The summed E-state index contributed by atoms with van der Waals surface area (Å²) in [4.78, 5) is 12.0. The lowest BCUT2D eigenvalue weighted by molar-refractivity contribution is -0.132. The first-order valence-electron chi connectivity index (χ1n) is 8.01. The molecule has 0 saturated heterocycles. The highest BCUT2D eigenvalue weighted by Gasteiger charge is 2.39. The van der Waals surface area contributed by atoms with Gasteiger partial charge in [0, 0.05) is 37.8 Å². The second-order valence-corrected chi connectivity index (χ2v) is 6.40. The number of hydrogen-bond donors (Lipinski definition) is 2. The van der Waals surface area contributed by atoms with Crippen molar-refractivity contribution in [2.24, 2.45) is 11.8 Å². The summed E-state index contributed by atoms with van der Waals surface area (Å²) in [7, 11) is 0. The molecular weight excluding hydrogens is 326 g/mol. The molecule has 1 fully saturated rings. The highest BCUT2D eigenvalue weighted by molar-refractivity contribution is 5.78. The highest BCUT2D eigenvalue weighted by Crippen LogP contribution is 2.36. The number of aliphatic hydroxyl groups excluding tert-OH is 1. The number of hydrogen-bond acceptors (Lipinski definition) is 2. The molecule has 134 valence electrons. The molecular formula is C17H21F4NO2. The van der Waals surface area contributed by atoms with E-state index in [1.807, 2.05) is 0 Å². The normalized spacial score (nSPS) is 21.3. The van der Waals surface area contributed by atoms with Gasteiger partial charge in [-0.3, -0.25) is 4.79 Å². The Labute approximate surface area is 138 Å². The van der Waals surface area contributed by atoms with Crippen molar-refractivity contribution in [2.75, 3.05) is 13.2 Å². The van der Waals surface area contributed by atoms with Gasteiger partial charge in [-0.15, -0.1) is 0 Å². The van der Waals surface area contributed by atoms with Gasteiger partial charge in [-0.25, -0.2) is 17.6 Å². The van der Waals surface area contributed by atoms with E-state index in [1.54, 1.807) is 0 Å². The van der Waals surface area contributed by atoms with E-state index in [2.05, 4.69) is 5.32 Å². The molecule has 1 aromatic carbocycles. The van der Waals surface area contributed by atoms with E-state index in [4.69, 9.17) is 0 Å². The van der Waals surface area contributed by atoms with Gasteiger partial charge in [0.2, 0.25) is 11.8 Å². The molecule has 2 N–H and O–H groups in total. The Hall–Kier alpha value is -1.63. The van der Waals surface area contributed by atoms with E-state index < -0.39 is 41.7 Å². The lowest BCUT2D eigenvalue weighted by Gasteiger charge is -2.28. The Balaban J connectivity index is 1.86. The van der Waals surface area contributed by atoms with Crippen molar-refractivity contribution in [1.29, 1.82) is 0 Å². The van der Waals surface area contributed by atoms with Crippen LogP contribution >= 0.6 is 0 Å². The topological polar surface area (TPSA) is 49.3 Å². The smallest absolute Gasteiger partial charge is 0.248 e. The molecule has 1 saturated carbocycles. The van der Waals surface area contributed by atoms with Gasteiger partial charge in [-0.2, -0.15) is 0 Å². The van der Waals surface area contributed by atoms with Crippen LogP contribution in [0.25, 0.3) is 0 Å². The van der Waals surface area contributed by atoms with Crippen LogP contribution in [0, 0.1) is 23.5 Å². The third-order valence-electron chi connectivity index (χ3n) is 4.34. The Kier molecular flexibility index (Phi) is 6.21. The van der Waals surface area contributed by atoms with E-state index >= 15 is 0 Å². The van der Waals surface area contributed by atoms with Crippen LogP contribution in [0.5, 0.6) is 0 Å². The third kappa shape index (κ3) is 5.19. The van der Waals surface area contributed by atoms with Crippen LogP contribution < -0.4 is 5.32 Å². The molecule has 2 rings (SSSR count). The molecule has 0 radical (unpaired) electrons.